The molecule has 0 saturated carbocycles. The van der Waals surface area contributed by atoms with Crippen molar-refractivity contribution in [1.82, 2.24) is 4.72 Å². The van der Waals surface area contributed by atoms with Gasteiger partial charge in [0, 0.05) is 11.4 Å². The number of benzene rings is 1. The third-order valence-corrected chi connectivity index (χ3v) is 5.00. The van der Waals surface area contributed by atoms with Crippen LogP contribution in [-0.2, 0) is 10.0 Å². The van der Waals surface area contributed by atoms with Gasteiger partial charge in [0.2, 0.25) is 10.0 Å². The predicted molar refractivity (Wildman–Crippen MR) is 69.6 cm³/mol. The summed E-state index contributed by atoms with van der Waals surface area (Å²) in [6.07, 6.45) is 0.777. The summed E-state index contributed by atoms with van der Waals surface area (Å²) in [6, 6.07) is 3.23. The van der Waals surface area contributed by atoms with E-state index in [0.29, 0.717) is 0 Å². The molecule has 0 amide bonds. The van der Waals surface area contributed by atoms with Crippen molar-refractivity contribution in [2.75, 3.05) is 6.54 Å². The van der Waals surface area contributed by atoms with Crippen molar-refractivity contribution in [2.24, 2.45) is 0 Å². The van der Waals surface area contributed by atoms with Crippen LogP contribution in [0.4, 0.5) is 4.39 Å². The third kappa shape index (κ3) is 4.21. The third-order valence-electron chi connectivity index (χ3n) is 2.12. The Morgan fingerprint density at radius 2 is 2.18 bits per heavy atom. The number of alkyl halides is 1. The summed E-state index contributed by atoms with van der Waals surface area (Å²) in [4.78, 5) is -0.209. The van der Waals surface area contributed by atoms with Crippen molar-refractivity contribution >= 4 is 37.6 Å². The number of hydrogen-bond donors (Lipinski definition) is 1. The maximum Gasteiger partial charge on any atom is 0.242 e. The lowest BCUT2D eigenvalue weighted by Gasteiger charge is -2.10. The predicted octanol–water partition coefficient (Wildman–Crippen LogP) is 2.93. The van der Waals surface area contributed by atoms with Gasteiger partial charge in [0.1, 0.15) is 10.7 Å². The van der Waals surface area contributed by atoms with Gasteiger partial charge in [0.05, 0.1) is 5.02 Å². The highest BCUT2D eigenvalue weighted by atomic mass is 79.9. The van der Waals surface area contributed by atoms with Crippen LogP contribution >= 0.6 is 27.5 Å². The number of sulfonamides is 1. The van der Waals surface area contributed by atoms with Gasteiger partial charge in [-0.15, -0.1) is 0 Å². The first kappa shape index (κ1) is 14.9. The molecule has 96 valence electrons. The molecule has 0 bridgehead atoms. The Morgan fingerprint density at radius 1 is 1.53 bits per heavy atom. The molecule has 0 aliphatic heterocycles. The lowest BCUT2D eigenvalue weighted by Crippen LogP contribution is -2.29. The summed E-state index contributed by atoms with van der Waals surface area (Å²) in [5, 5.41) is 0.00141. The maximum atomic E-state index is 13.0. The first-order valence-electron chi connectivity index (χ1n) is 4.95. The largest absolute Gasteiger partial charge is 0.242 e. The SMILES string of the molecule is CCC(Br)CNS(=O)(=O)c1cc(F)ccc1Cl. The Labute approximate surface area is 114 Å². The highest BCUT2D eigenvalue weighted by Crippen LogP contribution is 2.22. The summed E-state index contributed by atoms with van der Waals surface area (Å²) < 4.78 is 39.0. The second-order valence-electron chi connectivity index (χ2n) is 3.43. The van der Waals surface area contributed by atoms with Crippen LogP contribution in [0, 0.1) is 5.82 Å². The zero-order chi connectivity index (χ0) is 13.1. The quantitative estimate of drug-likeness (QED) is 0.835. The lowest BCUT2D eigenvalue weighted by atomic mass is 10.3. The molecule has 1 atom stereocenters. The number of hydrogen-bond acceptors (Lipinski definition) is 2. The van der Waals surface area contributed by atoms with E-state index >= 15 is 0 Å². The molecule has 1 unspecified atom stereocenters. The van der Waals surface area contributed by atoms with Gasteiger partial charge in [-0.1, -0.05) is 34.5 Å². The molecular formula is C10H12BrClFNO2S. The van der Waals surface area contributed by atoms with E-state index in [4.69, 9.17) is 11.6 Å². The fourth-order valence-corrected chi connectivity index (χ4v) is 3.07. The van der Waals surface area contributed by atoms with Crippen LogP contribution in [0.5, 0.6) is 0 Å². The van der Waals surface area contributed by atoms with Crippen LogP contribution in [0.2, 0.25) is 5.02 Å². The molecule has 1 aromatic rings. The van der Waals surface area contributed by atoms with E-state index in [0.717, 1.165) is 18.6 Å². The number of halogens is 3. The summed E-state index contributed by atoms with van der Waals surface area (Å²) in [6.45, 7) is 2.15. The fourth-order valence-electron chi connectivity index (χ4n) is 1.11. The lowest BCUT2D eigenvalue weighted by molar-refractivity contribution is 0.576. The minimum absolute atomic E-state index is 0.00141. The van der Waals surface area contributed by atoms with Gasteiger partial charge in [-0.2, -0.15) is 0 Å². The number of rotatable bonds is 5. The molecule has 0 aliphatic rings. The minimum atomic E-state index is -3.77. The van der Waals surface area contributed by atoms with E-state index in [9.17, 15) is 12.8 Å². The molecule has 0 aliphatic carbocycles. The van der Waals surface area contributed by atoms with Crippen molar-refractivity contribution in [3.05, 3.63) is 29.0 Å². The molecule has 0 aromatic heterocycles. The van der Waals surface area contributed by atoms with Crippen LogP contribution < -0.4 is 4.72 Å². The van der Waals surface area contributed by atoms with Crippen LogP contribution in [0.3, 0.4) is 0 Å². The Balaban J connectivity index is 2.93. The van der Waals surface area contributed by atoms with Crippen LogP contribution in [0.1, 0.15) is 13.3 Å². The van der Waals surface area contributed by atoms with Crippen molar-refractivity contribution in [3.8, 4) is 0 Å². The zero-order valence-electron chi connectivity index (χ0n) is 9.08. The molecule has 0 fully saturated rings. The van der Waals surface area contributed by atoms with Crippen LogP contribution in [0.15, 0.2) is 23.1 Å². The molecule has 0 heterocycles. The minimum Gasteiger partial charge on any atom is -0.210 e. The van der Waals surface area contributed by atoms with Gasteiger partial charge in [-0.05, 0) is 24.6 Å². The van der Waals surface area contributed by atoms with Gasteiger partial charge in [-0.25, -0.2) is 17.5 Å². The fraction of sp³-hybridized carbons (Fsp3) is 0.400. The molecule has 1 N–H and O–H groups in total. The van der Waals surface area contributed by atoms with Gasteiger partial charge in [0.25, 0.3) is 0 Å². The van der Waals surface area contributed by atoms with Gasteiger partial charge < -0.3 is 0 Å². The van der Waals surface area contributed by atoms with E-state index in [2.05, 4.69) is 20.7 Å². The summed E-state index contributed by atoms with van der Waals surface area (Å²) in [5.41, 5.74) is 0. The Morgan fingerprint density at radius 3 is 2.76 bits per heavy atom. The monoisotopic (exact) mass is 343 g/mol. The highest BCUT2D eigenvalue weighted by molar-refractivity contribution is 9.09. The van der Waals surface area contributed by atoms with E-state index in [1.807, 2.05) is 6.92 Å². The molecule has 0 saturated heterocycles. The molecular weight excluding hydrogens is 333 g/mol. The average molecular weight is 345 g/mol. The molecule has 1 aromatic carbocycles. The van der Waals surface area contributed by atoms with Gasteiger partial charge >= 0.3 is 0 Å². The van der Waals surface area contributed by atoms with E-state index in [-0.39, 0.29) is 21.3 Å². The number of nitrogens with one attached hydrogen (secondary N) is 1. The average Bonchev–Trinajstić information content (AvgIpc) is 2.29. The normalized spacial score (nSPS) is 13.6. The Bertz CT molecular complexity index is 495. The standard InChI is InChI=1S/C10H12BrClFNO2S/c1-2-7(11)6-14-17(15,16)10-5-8(13)3-4-9(10)12/h3-5,7,14H,2,6H2,1H3. The molecule has 7 heteroatoms. The highest BCUT2D eigenvalue weighted by Gasteiger charge is 2.19. The van der Waals surface area contributed by atoms with Gasteiger partial charge in [-0.3, -0.25) is 0 Å². The van der Waals surface area contributed by atoms with E-state index in [1.165, 1.54) is 6.07 Å². The van der Waals surface area contributed by atoms with Crippen molar-refractivity contribution in [3.63, 3.8) is 0 Å². The van der Waals surface area contributed by atoms with Crippen LogP contribution in [-0.4, -0.2) is 19.8 Å². The van der Waals surface area contributed by atoms with Crippen molar-refractivity contribution < 1.29 is 12.8 Å². The van der Waals surface area contributed by atoms with Crippen molar-refractivity contribution in [2.45, 2.75) is 23.1 Å². The molecule has 3 nitrogen and oxygen atoms in total. The molecule has 0 radical (unpaired) electrons. The molecule has 1 rings (SSSR count). The maximum absolute atomic E-state index is 13.0. The molecule has 0 spiro atoms. The van der Waals surface area contributed by atoms with E-state index < -0.39 is 15.8 Å². The van der Waals surface area contributed by atoms with Gasteiger partial charge in [0.15, 0.2) is 0 Å². The summed E-state index contributed by atoms with van der Waals surface area (Å²) in [5.74, 6) is -0.638. The van der Waals surface area contributed by atoms with Crippen LogP contribution in [0.25, 0.3) is 0 Å². The van der Waals surface area contributed by atoms with E-state index in [1.54, 1.807) is 0 Å². The first-order chi connectivity index (χ1) is 7.86. The molecule has 17 heavy (non-hydrogen) atoms. The topological polar surface area (TPSA) is 46.2 Å². The summed E-state index contributed by atoms with van der Waals surface area (Å²) >= 11 is 9.03. The second-order valence-corrected chi connectivity index (χ2v) is 6.87. The zero-order valence-corrected chi connectivity index (χ0v) is 12.2. The Hall–Kier alpha value is -0.170. The second kappa shape index (κ2) is 6.13. The Kier molecular flexibility index (Phi) is 5.37. The first-order valence-corrected chi connectivity index (χ1v) is 7.73. The van der Waals surface area contributed by atoms with Crippen molar-refractivity contribution in [1.29, 1.82) is 0 Å². The smallest absolute Gasteiger partial charge is 0.210 e. The summed E-state index contributed by atoms with van der Waals surface area (Å²) in [7, 11) is -3.77.